The molecule has 3 rings (SSSR count). The molecule has 1 aliphatic heterocycles. The minimum Gasteiger partial charge on any atom is -0.479 e. The van der Waals surface area contributed by atoms with E-state index >= 15 is 0 Å². The van der Waals surface area contributed by atoms with Crippen LogP contribution in [-0.2, 0) is 20.9 Å². The second-order valence-corrected chi connectivity index (χ2v) is 8.07. The van der Waals surface area contributed by atoms with E-state index in [9.17, 15) is 18.8 Å². The number of benzene rings is 2. The first-order valence-corrected chi connectivity index (χ1v) is 10.6. The molecular weight excluding hydrogens is 468 g/mol. The van der Waals surface area contributed by atoms with Gasteiger partial charge in [0.1, 0.15) is 5.82 Å². The number of carbonyl (C=O) groups is 3. The summed E-state index contributed by atoms with van der Waals surface area (Å²) in [6.45, 7) is 1.36. The monoisotopic (exact) mass is 483 g/mol. The first-order chi connectivity index (χ1) is 14.8. The number of halogens is 3. The number of ether oxygens (including phenoxy) is 2. The van der Waals surface area contributed by atoms with Crippen LogP contribution in [0.2, 0.25) is 10.0 Å². The minimum absolute atomic E-state index is 0.0983. The van der Waals surface area contributed by atoms with E-state index in [-0.39, 0.29) is 46.0 Å². The molecule has 0 radical (unpaired) electrons. The lowest BCUT2D eigenvalue weighted by Gasteiger charge is -2.13. The smallest absolute Gasteiger partial charge is 0.344 e. The number of esters is 1. The third kappa shape index (κ3) is 5.58. The maximum Gasteiger partial charge on any atom is 0.344 e. The van der Waals surface area contributed by atoms with Gasteiger partial charge in [-0.15, -0.1) is 0 Å². The fourth-order valence-electron chi connectivity index (χ4n) is 2.72. The Balaban J connectivity index is 1.77. The van der Waals surface area contributed by atoms with Crippen molar-refractivity contribution in [3.63, 3.8) is 0 Å². The molecule has 1 saturated heterocycles. The second-order valence-electron chi connectivity index (χ2n) is 6.27. The van der Waals surface area contributed by atoms with Gasteiger partial charge in [0, 0.05) is 5.56 Å². The van der Waals surface area contributed by atoms with Crippen molar-refractivity contribution in [3.8, 4) is 5.75 Å². The van der Waals surface area contributed by atoms with E-state index in [4.69, 9.17) is 32.7 Å². The molecule has 2 amide bonds. The average Bonchev–Trinajstić information content (AvgIpc) is 2.96. The van der Waals surface area contributed by atoms with Crippen LogP contribution in [0.3, 0.4) is 0 Å². The molecule has 0 aromatic heterocycles. The van der Waals surface area contributed by atoms with Crippen LogP contribution in [0.4, 0.5) is 9.18 Å². The van der Waals surface area contributed by atoms with Gasteiger partial charge >= 0.3 is 5.97 Å². The Kier molecular flexibility index (Phi) is 7.59. The van der Waals surface area contributed by atoms with Crippen LogP contribution >= 0.6 is 35.0 Å². The molecule has 162 valence electrons. The molecule has 1 fully saturated rings. The fraction of sp³-hybridized carbons (Fsp3) is 0.190. The molecule has 31 heavy (non-hydrogen) atoms. The summed E-state index contributed by atoms with van der Waals surface area (Å²) in [6, 6.07) is 8.90. The molecule has 10 heteroatoms. The van der Waals surface area contributed by atoms with Gasteiger partial charge in [0.25, 0.3) is 11.1 Å². The molecule has 1 heterocycles. The summed E-state index contributed by atoms with van der Waals surface area (Å²) in [5, 5.41) is -0.270. The van der Waals surface area contributed by atoms with Gasteiger partial charge < -0.3 is 9.47 Å². The van der Waals surface area contributed by atoms with Crippen LogP contribution in [0, 0.1) is 5.82 Å². The highest BCUT2D eigenvalue weighted by Gasteiger charge is 2.35. The third-order valence-electron chi connectivity index (χ3n) is 4.12. The van der Waals surface area contributed by atoms with E-state index in [2.05, 4.69) is 0 Å². The van der Waals surface area contributed by atoms with Gasteiger partial charge in [-0.3, -0.25) is 14.5 Å². The molecule has 6 nitrogen and oxygen atoms in total. The maximum absolute atomic E-state index is 13.9. The van der Waals surface area contributed by atoms with E-state index in [1.165, 1.54) is 36.4 Å². The zero-order valence-electron chi connectivity index (χ0n) is 16.2. The van der Waals surface area contributed by atoms with Crippen LogP contribution in [-0.4, -0.2) is 35.2 Å². The average molecular weight is 484 g/mol. The SMILES string of the molecule is CCOC(=O)COc1c(Cl)cc(/C=C2\SC(=O)N(Cc3ccccc3F)C2=O)cc1Cl. The molecule has 0 N–H and O–H groups in total. The fourth-order valence-corrected chi connectivity index (χ4v) is 4.17. The number of nitrogens with zero attached hydrogens (tertiary/aromatic N) is 1. The number of imide groups is 1. The van der Waals surface area contributed by atoms with Gasteiger partial charge in [0.05, 0.1) is 28.1 Å². The number of rotatable bonds is 7. The van der Waals surface area contributed by atoms with Crippen LogP contribution in [0.25, 0.3) is 6.08 Å². The van der Waals surface area contributed by atoms with Crippen LogP contribution in [0.1, 0.15) is 18.1 Å². The highest BCUT2D eigenvalue weighted by atomic mass is 35.5. The second kappa shape index (κ2) is 10.2. The van der Waals surface area contributed by atoms with Gasteiger partial charge in [0.2, 0.25) is 0 Å². The van der Waals surface area contributed by atoms with Crippen molar-refractivity contribution in [2.24, 2.45) is 0 Å². The first-order valence-electron chi connectivity index (χ1n) is 9.06. The Morgan fingerprint density at radius 3 is 2.52 bits per heavy atom. The van der Waals surface area contributed by atoms with E-state index in [1.54, 1.807) is 13.0 Å². The lowest BCUT2D eigenvalue weighted by Crippen LogP contribution is -2.27. The molecule has 0 unspecified atom stereocenters. The first kappa shape index (κ1) is 23.1. The highest BCUT2D eigenvalue weighted by Crippen LogP contribution is 2.38. The predicted molar refractivity (Wildman–Crippen MR) is 117 cm³/mol. The van der Waals surface area contributed by atoms with Crippen molar-refractivity contribution in [3.05, 3.63) is 68.3 Å². The molecule has 0 bridgehead atoms. The van der Waals surface area contributed by atoms with Crippen LogP contribution < -0.4 is 4.74 Å². The highest BCUT2D eigenvalue weighted by molar-refractivity contribution is 8.18. The molecule has 1 aliphatic rings. The summed E-state index contributed by atoms with van der Waals surface area (Å²) in [6.07, 6.45) is 1.46. The van der Waals surface area contributed by atoms with Gasteiger partial charge in [-0.1, -0.05) is 41.4 Å². The van der Waals surface area contributed by atoms with Gasteiger partial charge in [0.15, 0.2) is 12.4 Å². The molecule has 0 aliphatic carbocycles. The molecule has 0 atom stereocenters. The molecule has 2 aromatic carbocycles. The molecular formula is C21H16Cl2FNO5S. The molecule has 0 saturated carbocycles. The third-order valence-corrected chi connectivity index (χ3v) is 5.59. The summed E-state index contributed by atoms with van der Waals surface area (Å²) in [5.41, 5.74) is 0.690. The zero-order chi connectivity index (χ0) is 22.5. The molecule has 2 aromatic rings. The predicted octanol–water partition coefficient (Wildman–Crippen LogP) is 5.31. The summed E-state index contributed by atoms with van der Waals surface area (Å²) < 4.78 is 24.0. The van der Waals surface area contributed by atoms with Crippen molar-refractivity contribution < 1.29 is 28.2 Å². The Hall–Kier alpha value is -2.55. The van der Waals surface area contributed by atoms with Gasteiger partial charge in [-0.25, -0.2) is 9.18 Å². The quantitative estimate of drug-likeness (QED) is 0.392. The van der Waals surface area contributed by atoms with E-state index in [0.717, 1.165) is 16.7 Å². The van der Waals surface area contributed by atoms with Crippen molar-refractivity contribution in [1.82, 2.24) is 4.90 Å². The Morgan fingerprint density at radius 1 is 1.19 bits per heavy atom. The summed E-state index contributed by atoms with van der Waals surface area (Å²) in [5.74, 6) is -1.51. The minimum atomic E-state index is -0.567. The zero-order valence-corrected chi connectivity index (χ0v) is 18.5. The number of hydrogen-bond donors (Lipinski definition) is 0. The van der Waals surface area contributed by atoms with E-state index < -0.39 is 22.9 Å². The topological polar surface area (TPSA) is 72.9 Å². The summed E-state index contributed by atoms with van der Waals surface area (Å²) in [4.78, 5) is 37.5. The van der Waals surface area contributed by atoms with Crippen molar-refractivity contribution >= 4 is 58.2 Å². The number of amides is 2. The summed E-state index contributed by atoms with van der Waals surface area (Å²) >= 11 is 13.1. The van der Waals surface area contributed by atoms with Crippen molar-refractivity contribution in [2.75, 3.05) is 13.2 Å². The molecule has 0 spiro atoms. The standard InChI is InChI=1S/C21H16Cl2FNO5S/c1-2-29-18(26)11-30-19-14(22)7-12(8-15(19)23)9-17-20(27)25(21(28)31-17)10-13-5-3-4-6-16(13)24/h3-9H,2,10-11H2,1H3/b17-9-. The van der Waals surface area contributed by atoms with Crippen LogP contribution in [0.15, 0.2) is 41.3 Å². The van der Waals surface area contributed by atoms with Crippen LogP contribution in [0.5, 0.6) is 5.75 Å². The Morgan fingerprint density at radius 2 is 1.87 bits per heavy atom. The Bertz CT molecular complexity index is 1050. The van der Waals surface area contributed by atoms with Crippen molar-refractivity contribution in [1.29, 1.82) is 0 Å². The number of hydrogen-bond acceptors (Lipinski definition) is 6. The van der Waals surface area contributed by atoms with Gasteiger partial charge in [-0.05, 0) is 48.5 Å². The maximum atomic E-state index is 13.9. The largest absolute Gasteiger partial charge is 0.479 e. The van der Waals surface area contributed by atoms with E-state index in [0.29, 0.717) is 5.56 Å². The lowest BCUT2D eigenvalue weighted by atomic mass is 10.2. The van der Waals surface area contributed by atoms with E-state index in [1.807, 2.05) is 0 Å². The van der Waals surface area contributed by atoms with Gasteiger partial charge in [-0.2, -0.15) is 0 Å². The summed E-state index contributed by atoms with van der Waals surface area (Å²) in [7, 11) is 0. The number of carbonyl (C=O) groups excluding carboxylic acids is 3. The number of thioether (sulfide) groups is 1. The Labute approximate surface area is 191 Å². The lowest BCUT2D eigenvalue weighted by molar-refractivity contribution is -0.145. The normalized spacial score (nSPS) is 15.0. The van der Waals surface area contributed by atoms with Crippen molar-refractivity contribution in [2.45, 2.75) is 13.5 Å².